The van der Waals surface area contributed by atoms with Crippen molar-refractivity contribution < 1.29 is 9.53 Å². The Morgan fingerprint density at radius 2 is 2.14 bits per heavy atom. The number of hydrogen-bond acceptors (Lipinski definition) is 2. The molecule has 0 aliphatic carbocycles. The fraction of sp³-hybridized carbons (Fsp3) is 0.364. The maximum absolute atomic E-state index is 11.2. The Bertz CT molecular complexity index is 310. The SMILES string of the molecule is CCCC(=O)COc1ccccc1Cl. The maximum Gasteiger partial charge on any atom is 0.170 e. The molecule has 0 heterocycles. The molecule has 0 bridgehead atoms. The van der Waals surface area contributed by atoms with E-state index in [9.17, 15) is 4.79 Å². The Morgan fingerprint density at radius 1 is 1.43 bits per heavy atom. The first kappa shape index (κ1) is 11.1. The number of rotatable bonds is 5. The van der Waals surface area contributed by atoms with Crippen molar-refractivity contribution >= 4 is 17.4 Å². The number of para-hydroxylation sites is 1. The van der Waals surface area contributed by atoms with E-state index in [4.69, 9.17) is 16.3 Å². The molecule has 0 aromatic heterocycles. The lowest BCUT2D eigenvalue weighted by Crippen LogP contribution is -2.10. The number of carbonyl (C=O) groups excluding carboxylic acids is 1. The lowest BCUT2D eigenvalue weighted by Gasteiger charge is -2.05. The molecule has 0 atom stereocenters. The number of ether oxygens (including phenoxy) is 1. The summed E-state index contributed by atoms with van der Waals surface area (Å²) in [6.07, 6.45) is 1.41. The zero-order valence-electron chi connectivity index (χ0n) is 8.13. The summed E-state index contributed by atoms with van der Waals surface area (Å²) in [6.45, 7) is 2.07. The Hall–Kier alpha value is -1.02. The van der Waals surface area contributed by atoms with Crippen LogP contribution in [0.1, 0.15) is 19.8 Å². The largest absolute Gasteiger partial charge is 0.484 e. The van der Waals surface area contributed by atoms with Crippen molar-refractivity contribution in [2.24, 2.45) is 0 Å². The minimum Gasteiger partial charge on any atom is -0.484 e. The third-order valence-corrected chi connectivity index (χ3v) is 2.07. The third kappa shape index (κ3) is 3.38. The van der Waals surface area contributed by atoms with E-state index >= 15 is 0 Å². The Labute approximate surface area is 88.8 Å². The van der Waals surface area contributed by atoms with Crippen LogP contribution in [0, 0.1) is 0 Å². The number of hydrogen-bond donors (Lipinski definition) is 0. The van der Waals surface area contributed by atoms with Crippen molar-refractivity contribution in [2.75, 3.05) is 6.61 Å². The molecule has 0 N–H and O–H groups in total. The van der Waals surface area contributed by atoms with Gasteiger partial charge in [-0.2, -0.15) is 0 Å². The second kappa shape index (κ2) is 5.66. The highest BCUT2D eigenvalue weighted by Gasteiger charge is 2.03. The molecule has 0 spiro atoms. The topological polar surface area (TPSA) is 26.3 Å². The van der Waals surface area contributed by atoms with Crippen LogP contribution in [0.4, 0.5) is 0 Å². The van der Waals surface area contributed by atoms with Gasteiger partial charge in [0.05, 0.1) is 5.02 Å². The number of halogens is 1. The van der Waals surface area contributed by atoms with Gasteiger partial charge in [-0.25, -0.2) is 0 Å². The summed E-state index contributed by atoms with van der Waals surface area (Å²) in [7, 11) is 0. The third-order valence-electron chi connectivity index (χ3n) is 1.75. The number of ketones is 1. The van der Waals surface area contributed by atoms with E-state index in [2.05, 4.69) is 0 Å². The standard InChI is InChI=1S/C11H13ClO2/c1-2-5-9(13)8-14-11-7-4-3-6-10(11)12/h3-4,6-7H,2,5,8H2,1H3. The molecule has 0 aliphatic rings. The van der Waals surface area contributed by atoms with Crippen LogP contribution in [0.5, 0.6) is 5.75 Å². The van der Waals surface area contributed by atoms with Crippen molar-refractivity contribution in [1.82, 2.24) is 0 Å². The fourth-order valence-corrected chi connectivity index (χ4v) is 1.26. The highest BCUT2D eigenvalue weighted by molar-refractivity contribution is 6.32. The van der Waals surface area contributed by atoms with Crippen molar-refractivity contribution in [3.05, 3.63) is 29.3 Å². The monoisotopic (exact) mass is 212 g/mol. The van der Waals surface area contributed by atoms with E-state index < -0.39 is 0 Å². The van der Waals surface area contributed by atoms with E-state index in [0.717, 1.165) is 6.42 Å². The molecule has 1 aromatic rings. The average molecular weight is 213 g/mol. The van der Waals surface area contributed by atoms with Gasteiger partial charge in [-0.3, -0.25) is 4.79 Å². The van der Waals surface area contributed by atoms with E-state index in [0.29, 0.717) is 17.2 Å². The normalized spacial score (nSPS) is 9.86. The van der Waals surface area contributed by atoms with Crippen molar-refractivity contribution in [2.45, 2.75) is 19.8 Å². The fourth-order valence-electron chi connectivity index (χ4n) is 1.07. The van der Waals surface area contributed by atoms with Gasteiger partial charge >= 0.3 is 0 Å². The molecule has 2 nitrogen and oxygen atoms in total. The Morgan fingerprint density at radius 3 is 2.79 bits per heavy atom. The molecule has 0 saturated heterocycles. The molecule has 0 aliphatic heterocycles. The smallest absolute Gasteiger partial charge is 0.170 e. The summed E-state index contributed by atoms with van der Waals surface area (Å²) in [4.78, 5) is 11.2. The second-order valence-electron chi connectivity index (χ2n) is 3.01. The van der Waals surface area contributed by atoms with Crippen molar-refractivity contribution in [1.29, 1.82) is 0 Å². The van der Waals surface area contributed by atoms with Gasteiger partial charge < -0.3 is 4.74 Å². The van der Waals surface area contributed by atoms with Crippen molar-refractivity contribution in [3.8, 4) is 5.75 Å². The van der Waals surface area contributed by atoms with Crippen LogP contribution in [-0.2, 0) is 4.79 Å². The van der Waals surface area contributed by atoms with Crippen LogP contribution >= 0.6 is 11.6 Å². The molecule has 1 aromatic carbocycles. The summed E-state index contributed by atoms with van der Waals surface area (Å²) in [5.74, 6) is 0.672. The molecular weight excluding hydrogens is 200 g/mol. The minimum absolute atomic E-state index is 0.104. The quantitative estimate of drug-likeness (QED) is 0.750. The zero-order valence-corrected chi connectivity index (χ0v) is 8.88. The van der Waals surface area contributed by atoms with Gasteiger partial charge in [0.15, 0.2) is 5.78 Å². The Balaban J connectivity index is 2.46. The summed E-state index contributed by atoms with van der Waals surface area (Å²) >= 11 is 5.85. The van der Waals surface area contributed by atoms with E-state index in [-0.39, 0.29) is 12.4 Å². The lowest BCUT2D eigenvalue weighted by atomic mass is 10.2. The van der Waals surface area contributed by atoms with Gasteiger partial charge in [0.1, 0.15) is 12.4 Å². The van der Waals surface area contributed by atoms with Crippen LogP contribution < -0.4 is 4.74 Å². The number of Topliss-reactive ketones (excluding diaryl/α,β-unsaturated/α-hetero) is 1. The van der Waals surface area contributed by atoms with Gasteiger partial charge in [0.2, 0.25) is 0 Å². The number of benzene rings is 1. The van der Waals surface area contributed by atoms with Crippen LogP contribution in [0.15, 0.2) is 24.3 Å². The first-order chi connectivity index (χ1) is 6.74. The van der Waals surface area contributed by atoms with Crippen LogP contribution in [0.3, 0.4) is 0 Å². The zero-order chi connectivity index (χ0) is 10.4. The molecule has 14 heavy (non-hydrogen) atoms. The minimum atomic E-state index is 0.104. The average Bonchev–Trinajstić information content (AvgIpc) is 2.17. The van der Waals surface area contributed by atoms with Gasteiger partial charge in [-0.1, -0.05) is 30.7 Å². The Kier molecular flexibility index (Phi) is 4.47. The highest BCUT2D eigenvalue weighted by atomic mass is 35.5. The summed E-state index contributed by atoms with van der Waals surface area (Å²) in [5, 5.41) is 0.539. The first-order valence-corrected chi connectivity index (χ1v) is 5.01. The summed E-state index contributed by atoms with van der Waals surface area (Å²) in [5.41, 5.74) is 0. The maximum atomic E-state index is 11.2. The summed E-state index contributed by atoms with van der Waals surface area (Å²) in [6, 6.07) is 7.14. The highest BCUT2D eigenvalue weighted by Crippen LogP contribution is 2.22. The molecule has 0 saturated carbocycles. The van der Waals surface area contributed by atoms with Crippen LogP contribution in [-0.4, -0.2) is 12.4 Å². The molecular formula is C11H13ClO2. The molecule has 0 amide bonds. The van der Waals surface area contributed by atoms with E-state index in [1.807, 2.05) is 19.1 Å². The predicted molar refractivity (Wildman–Crippen MR) is 56.9 cm³/mol. The molecule has 0 unspecified atom stereocenters. The van der Waals surface area contributed by atoms with Crippen molar-refractivity contribution in [3.63, 3.8) is 0 Å². The molecule has 76 valence electrons. The van der Waals surface area contributed by atoms with Gasteiger partial charge in [0, 0.05) is 6.42 Å². The van der Waals surface area contributed by atoms with Crippen LogP contribution in [0.25, 0.3) is 0 Å². The molecule has 0 radical (unpaired) electrons. The lowest BCUT2D eigenvalue weighted by molar-refractivity contribution is -0.121. The van der Waals surface area contributed by atoms with Gasteiger partial charge in [0.25, 0.3) is 0 Å². The van der Waals surface area contributed by atoms with Gasteiger partial charge in [-0.15, -0.1) is 0 Å². The van der Waals surface area contributed by atoms with Crippen LogP contribution in [0.2, 0.25) is 5.02 Å². The van der Waals surface area contributed by atoms with Gasteiger partial charge in [-0.05, 0) is 18.6 Å². The number of carbonyl (C=O) groups is 1. The van der Waals surface area contributed by atoms with E-state index in [1.54, 1.807) is 12.1 Å². The summed E-state index contributed by atoms with van der Waals surface area (Å²) < 4.78 is 5.27. The predicted octanol–water partition coefficient (Wildman–Crippen LogP) is 3.09. The molecule has 1 rings (SSSR count). The molecule has 0 fully saturated rings. The first-order valence-electron chi connectivity index (χ1n) is 4.63. The second-order valence-corrected chi connectivity index (χ2v) is 3.41. The molecule has 3 heteroatoms. The van der Waals surface area contributed by atoms with E-state index in [1.165, 1.54) is 0 Å².